The molecule has 6 nitrogen and oxygen atoms in total. The van der Waals surface area contributed by atoms with E-state index in [1.165, 1.54) is 0 Å². The minimum atomic E-state index is -0.317. The van der Waals surface area contributed by atoms with E-state index in [4.69, 9.17) is 17.3 Å². The lowest BCUT2D eigenvalue weighted by Crippen LogP contribution is -2.48. The Hall–Kier alpha value is -1.11. The van der Waals surface area contributed by atoms with Crippen molar-refractivity contribution < 1.29 is 10.2 Å². The summed E-state index contributed by atoms with van der Waals surface area (Å²) >= 11 is 5.74. The quantitative estimate of drug-likeness (QED) is 0.578. The zero-order valence-electron chi connectivity index (χ0n) is 9.23. The molecule has 2 rings (SSSR count). The van der Waals surface area contributed by atoms with Crippen molar-refractivity contribution in [1.82, 2.24) is 9.97 Å². The van der Waals surface area contributed by atoms with Crippen molar-refractivity contribution in [2.45, 2.75) is 18.9 Å². The van der Waals surface area contributed by atoms with E-state index in [1.54, 1.807) is 6.07 Å². The Kier molecular flexibility index (Phi) is 3.37. The first-order valence-electron chi connectivity index (χ1n) is 5.36. The molecule has 1 saturated carbocycles. The molecule has 17 heavy (non-hydrogen) atoms. The van der Waals surface area contributed by atoms with Gasteiger partial charge in [0.15, 0.2) is 0 Å². The number of rotatable bonds is 4. The van der Waals surface area contributed by atoms with Gasteiger partial charge in [0.25, 0.3) is 0 Å². The lowest BCUT2D eigenvalue weighted by Gasteiger charge is -2.44. The molecule has 0 bridgehead atoms. The zero-order chi connectivity index (χ0) is 12.5. The summed E-state index contributed by atoms with van der Waals surface area (Å²) in [6.45, 7) is 0.554. The molecule has 1 fully saturated rings. The molecule has 0 saturated heterocycles. The fraction of sp³-hybridized carbons (Fsp3) is 0.600. The van der Waals surface area contributed by atoms with Crippen molar-refractivity contribution >= 4 is 23.4 Å². The predicted molar refractivity (Wildman–Crippen MR) is 64.7 cm³/mol. The van der Waals surface area contributed by atoms with E-state index in [1.807, 2.05) is 0 Å². The normalized spacial score (nSPS) is 27.6. The number of halogens is 1. The van der Waals surface area contributed by atoms with Gasteiger partial charge < -0.3 is 21.3 Å². The molecule has 1 aromatic rings. The molecule has 0 radical (unpaired) electrons. The first-order valence-corrected chi connectivity index (χ1v) is 5.74. The lowest BCUT2D eigenvalue weighted by atomic mass is 9.67. The number of anilines is 2. The van der Waals surface area contributed by atoms with Gasteiger partial charge in [-0.1, -0.05) is 11.6 Å². The standard InChI is InChI=1S/C10H15ClN4O2/c11-7-1-8(15-9(12)14-7)13-4-10(5-16)2-6(17)3-10/h1,6,16-17H,2-5H2,(H3,12,13,14,15). The van der Waals surface area contributed by atoms with Gasteiger partial charge in [-0.3, -0.25) is 0 Å². The fourth-order valence-corrected chi connectivity index (χ4v) is 2.26. The third-order valence-corrected chi connectivity index (χ3v) is 3.22. The Morgan fingerprint density at radius 3 is 2.76 bits per heavy atom. The largest absolute Gasteiger partial charge is 0.396 e. The third kappa shape index (κ3) is 2.77. The van der Waals surface area contributed by atoms with Crippen molar-refractivity contribution in [3.63, 3.8) is 0 Å². The summed E-state index contributed by atoms with van der Waals surface area (Å²) in [7, 11) is 0. The first kappa shape index (κ1) is 12.3. The average Bonchev–Trinajstić information content (AvgIpc) is 2.21. The van der Waals surface area contributed by atoms with Crippen molar-refractivity contribution in [3.8, 4) is 0 Å². The number of nitrogens with zero attached hydrogens (tertiary/aromatic N) is 2. The van der Waals surface area contributed by atoms with E-state index in [0.29, 0.717) is 25.2 Å². The second-order valence-corrected chi connectivity index (χ2v) is 4.90. The molecule has 1 heterocycles. The number of nitrogens with two attached hydrogens (primary N) is 1. The van der Waals surface area contributed by atoms with Gasteiger partial charge in [-0.25, -0.2) is 4.98 Å². The molecule has 7 heteroatoms. The molecule has 0 spiro atoms. The maximum Gasteiger partial charge on any atom is 0.223 e. The van der Waals surface area contributed by atoms with Gasteiger partial charge >= 0.3 is 0 Å². The van der Waals surface area contributed by atoms with Gasteiger partial charge in [-0.15, -0.1) is 0 Å². The van der Waals surface area contributed by atoms with Crippen LogP contribution in [-0.2, 0) is 0 Å². The molecule has 0 atom stereocenters. The van der Waals surface area contributed by atoms with E-state index in [2.05, 4.69) is 15.3 Å². The van der Waals surface area contributed by atoms with Crippen LogP contribution in [0.4, 0.5) is 11.8 Å². The number of aliphatic hydroxyl groups excluding tert-OH is 2. The van der Waals surface area contributed by atoms with E-state index in [9.17, 15) is 10.2 Å². The first-order chi connectivity index (χ1) is 8.03. The van der Waals surface area contributed by atoms with Crippen LogP contribution in [0.2, 0.25) is 5.15 Å². The number of nitrogens with one attached hydrogen (secondary N) is 1. The molecule has 0 aliphatic heterocycles. The highest BCUT2D eigenvalue weighted by Crippen LogP contribution is 2.40. The Morgan fingerprint density at radius 2 is 2.24 bits per heavy atom. The molecule has 0 amide bonds. The zero-order valence-corrected chi connectivity index (χ0v) is 9.98. The summed E-state index contributed by atoms with van der Waals surface area (Å²) in [5.41, 5.74) is 5.19. The topological polar surface area (TPSA) is 104 Å². The van der Waals surface area contributed by atoms with Crippen molar-refractivity contribution in [3.05, 3.63) is 11.2 Å². The van der Waals surface area contributed by atoms with E-state index in [-0.39, 0.29) is 29.2 Å². The number of aliphatic hydroxyl groups is 2. The highest BCUT2D eigenvalue weighted by atomic mass is 35.5. The Bertz CT molecular complexity index is 389. The Morgan fingerprint density at radius 1 is 1.53 bits per heavy atom. The predicted octanol–water partition coefficient (Wildman–Crippen LogP) is 0.257. The minimum absolute atomic E-state index is 0.0331. The maximum absolute atomic E-state index is 9.31. The van der Waals surface area contributed by atoms with Crippen LogP contribution in [0, 0.1) is 5.41 Å². The Labute approximate surface area is 104 Å². The highest BCUT2D eigenvalue weighted by Gasteiger charge is 2.42. The molecule has 5 N–H and O–H groups in total. The van der Waals surface area contributed by atoms with E-state index in [0.717, 1.165) is 0 Å². The van der Waals surface area contributed by atoms with Gasteiger partial charge in [0.1, 0.15) is 11.0 Å². The molecule has 1 aliphatic carbocycles. The maximum atomic E-state index is 9.31. The number of hydrogen-bond acceptors (Lipinski definition) is 6. The molecule has 0 unspecified atom stereocenters. The van der Waals surface area contributed by atoms with Crippen LogP contribution >= 0.6 is 11.6 Å². The van der Waals surface area contributed by atoms with Gasteiger partial charge in [-0.2, -0.15) is 4.98 Å². The summed E-state index contributed by atoms with van der Waals surface area (Å²) in [5, 5.41) is 21.9. The van der Waals surface area contributed by atoms with Crippen molar-refractivity contribution in [2.75, 3.05) is 24.2 Å². The van der Waals surface area contributed by atoms with E-state index >= 15 is 0 Å². The second-order valence-electron chi connectivity index (χ2n) is 4.51. The minimum Gasteiger partial charge on any atom is -0.396 e. The molecular weight excluding hydrogens is 244 g/mol. The molecule has 0 aromatic carbocycles. The SMILES string of the molecule is Nc1nc(Cl)cc(NCC2(CO)CC(O)C2)n1. The van der Waals surface area contributed by atoms with Crippen molar-refractivity contribution in [1.29, 1.82) is 0 Å². The number of nitrogen functional groups attached to an aromatic ring is 1. The molecule has 1 aliphatic rings. The summed E-state index contributed by atoms with van der Waals surface area (Å²) in [5.74, 6) is 0.628. The van der Waals surface area contributed by atoms with Gasteiger partial charge in [0, 0.05) is 18.0 Å². The second kappa shape index (κ2) is 4.64. The van der Waals surface area contributed by atoms with Crippen LogP contribution in [-0.4, -0.2) is 39.4 Å². The smallest absolute Gasteiger partial charge is 0.223 e. The van der Waals surface area contributed by atoms with Gasteiger partial charge in [-0.05, 0) is 12.8 Å². The van der Waals surface area contributed by atoms with Crippen LogP contribution in [0.25, 0.3) is 0 Å². The van der Waals surface area contributed by atoms with Gasteiger partial charge in [0.2, 0.25) is 5.95 Å². The number of aromatic nitrogens is 2. The summed E-state index contributed by atoms with van der Waals surface area (Å²) in [4.78, 5) is 7.72. The van der Waals surface area contributed by atoms with E-state index < -0.39 is 0 Å². The average molecular weight is 259 g/mol. The summed E-state index contributed by atoms with van der Waals surface area (Å²) < 4.78 is 0. The third-order valence-electron chi connectivity index (χ3n) is 3.03. The van der Waals surface area contributed by atoms with Crippen LogP contribution in [0.15, 0.2) is 6.07 Å². The lowest BCUT2D eigenvalue weighted by molar-refractivity contribution is -0.0552. The van der Waals surface area contributed by atoms with Crippen LogP contribution < -0.4 is 11.1 Å². The van der Waals surface area contributed by atoms with Crippen molar-refractivity contribution in [2.24, 2.45) is 5.41 Å². The molecular formula is C10H15ClN4O2. The molecule has 1 aromatic heterocycles. The summed E-state index contributed by atoms with van der Waals surface area (Å²) in [6, 6.07) is 1.57. The fourth-order valence-electron chi connectivity index (χ4n) is 2.07. The summed E-state index contributed by atoms with van der Waals surface area (Å²) in [6.07, 6.45) is 0.860. The Balaban J connectivity index is 1.97. The van der Waals surface area contributed by atoms with Gasteiger partial charge in [0.05, 0.1) is 12.7 Å². The molecule has 94 valence electrons. The monoisotopic (exact) mass is 258 g/mol. The van der Waals surface area contributed by atoms with Crippen LogP contribution in [0.3, 0.4) is 0 Å². The van der Waals surface area contributed by atoms with Crippen LogP contribution in [0.5, 0.6) is 0 Å². The van der Waals surface area contributed by atoms with Crippen LogP contribution in [0.1, 0.15) is 12.8 Å². The highest BCUT2D eigenvalue weighted by molar-refractivity contribution is 6.29. The number of hydrogen-bond donors (Lipinski definition) is 4.